The van der Waals surface area contributed by atoms with E-state index in [9.17, 15) is 8.42 Å². The molecule has 0 fully saturated rings. The van der Waals surface area contributed by atoms with Crippen LogP contribution >= 0.6 is 0 Å². The van der Waals surface area contributed by atoms with Gasteiger partial charge in [0.05, 0.1) is 0 Å². The molecule has 1 atom stereocenters. The van der Waals surface area contributed by atoms with Gasteiger partial charge in [0.1, 0.15) is 10.0 Å². The third-order valence-corrected chi connectivity index (χ3v) is 3.44. The number of aryl methyl sites for hydroxylation is 1. The van der Waals surface area contributed by atoms with Crippen LogP contribution in [0.15, 0.2) is 41.8 Å². The van der Waals surface area contributed by atoms with Gasteiger partial charge in [-0.2, -0.15) is 0 Å². The average molecular weight is 231 g/mol. The summed E-state index contributed by atoms with van der Waals surface area (Å²) in [6.07, 6.45) is 1.49. The summed E-state index contributed by atoms with van der Waals surface area (Å²) in [5.74, 6) is 0. The first-order chi connectivity index (χ1) is 6.95. The summed E-state index contributed by atoms with van der Waals surface area (Å²) >= 11 is 0. The number of hydrogen-bond donors (Lipinski definition) is 0. The summed E-state index contributed by atoms with van der Waals surface area (Å²) in [7, 11) is -3.53. The summed E-state index contributed by atoms with van der Waals surface area (Å²) in [5, 5.41) is 0. The van der Waals surface area contributed by atoms with E-state index in [2.05, 4.69) is 11.3 Å². The fraction of sp³-hybridized carbons (Fsp3) is 0.273. The molecule has 1 unspecified atom stereocenters. The Hall–Kier alpha value is -0.533. The van der Waals surface area contributed by atoms with Crippen LogP contribution in [0, 0.1) is 6.92 Å². The third kappa shape index (κ3) is 4.15. The van der Waals surface area contributed by atoms with Crippen LogP contribution in [0.4, 0.5) is 0 Å². The second-order valence-corrected chi connectivity index (χ2v) is 5.00. The molecular weight excluding hydrogens is 217 g/mol. The molecule has 1 aromatic carbocycles. The van der Waals surface area contributed by atoms with E-state index in [0.29, 0.717) is 0 Å². The molecule has 0 aromatic heterocycles. The molecule has 0 aliphatic carbocycles. The van der Waals surface area contributed by atoms with E-state index in [1.807, 2.05) is 6.92 Å². The summed E-state index contributed by atoms with van der Waals surface area (Å²) in [6.45, 7) is 7.08. The van der Waals surface area contributed by atoms with Gasteiger partial charge in [0.15, 0.2) is 0 Å². The normalized spacial score (nSPS) is 12.6. The zero-order valence-corrected chi connectivity index (χ0v) is 10.7. The Bertz CT molecular complexity index is 440. The zero-order valence-electron chi connectivity index (χ0n) is 9.84. The fourth-order valence-corrected chi connectivity index (χ4v) is 2.16. The Morgan fingerprint density at radius 2 is 1.81 bits per heavy atom. The number of benzene rings is 1. The molecular formula is C11H14LiNO2S. The molecule has 82 valence electrons. The molecule has 0 heterocycles. The molecule has 1 rings (SSSR count). The maximum atomic E-state index is 11.7. The van der Waals surface area contributed by atoms with Gasteiger partial charge in [-0.15, -0.1) is 18.7 Å². The van der Waals surface area contributed by atoms with Crippen molar-refractivity contribution in [3.63, 3.8) is 0 Å². The topological polar surface area (TPSA) is 48.2 Å². The molecule has 0 radical (unpaired) electrons. The van der Waals surface area contributed by atoms with Crippen molar-refractivity contribution in [2.45, 2.75) is 24.8 Å². The van der Waals surface area contributed by atoms with Gasteiger partial charge in [-0.25, -0.2) is 8.42 Å². The molecule has 0 aliphatic heterocycles. The molecule has 3 nitrogen and oxygen atoms in total. The first kappa shape index (κ1) is 15.5. The smallest absolute Gasteiger partial charge is 0.539 e. The Morgan fingerprint density at radius 1 is 1.31 bits per heavy atom. The minimum absolute atomic E-state index is 0. The molecule has 0 saturated heterocycles. The molecule has 1 aromatic rings. The van der Waals surface area contributed by atoms with Crippen LogP contribution in [-0.2, 0) is 10.0 Å². The van der Waals surface area contributed by atoms with E-state index < -0.39 is 16.1 Å². The van der Waals surface area contributed by atoms with Crippen molar-refractivity contribution in [3.8, 4) is 0 Å². The van der Waals surface area contributed by atoms with Crippen LogP contribution in [0.5, 0.6) is 0 Å². The molecule has 0 N–H and O–H groups in total. The third-order valence-electron chi connectivity index (χ3n) is 1.96. The Balaban J connectivity index is 0.00000225. The summed E-state index contributed by atoms with van der Waals surface area (Å²) in [5.41, 5.74) is 1.02. The van der Waals surface area contributed by atoms with E-state index in [1.54, 1.807) is 31.2 Å². The van der Waals surface area contributed by atoms with Crippen LogP contribution in [0.25, 0.3) is 4.72 Å². The van der Waals surface area contributed by atoms with Crippen molar-refractivity contribution in [1.29, 1.82) is 0 Å². The predicted molar refractivity (Wildman–Crippen MR) is 61.4 cm³/mol. The van der Waals surface area contributed by atoms with Gasteiger partial charge in [0.25, 0.3) is 0 Å². The average Bonchev–Trinajstić information content (AvgIpc) is 2.17. The van der Waals surface area contributed by atoms with Crippen LogP contribution in [-0.4, -0.2) is 14.5 Å². The maximum Gasteiger partial charge on any atom is 1.00 e. The van der Waals surface area contributed by atoms with E-state index >= 15 is 0 Å². The SMILES string of the molecule is C=CC(C)[N-]S(=O)(=O)c1ccc(C)cc1.[Li+]. The molecule has 16 heavy (non-hydrogen) atoms. The zero-order chi connectivity index (χ0) is 11.5. The van der Waals surface area contributed by atoms with Crippen molar-refractivity contribution in [2.75, 3.05) is 0 Å². The Labute approximate surface area is 109 Å². The maximum absolute atomic E-state index is 11.7. The van der Waals surface area contributed by atoms with E-state index in [-0.39, 0.29) is 23.8 Å². The molecule has 0 aliphatic rings. The van der Waals surface area contributed by atoms with E-state index in [1.165, 1.54) is 6.08 Å². The number of rotatable bonds is 4. The Kier molecular flexibility index (Phi) is 6.06. The van der Waals surface area contributed by atoms with Gasteiger partial charge in [-0.3, -0.25) is 0 Å². The first-order valence-corrected chi connectivity index (χ1v) is 6.06. The van der Waals surface area contributed by atoms with Crippen molar-refractivity contribution in [2.24, 2.45) is 0 Å². The van der Waals surface area contributed by atoms with Gasteiger partial charge in [-0.05, 0) is 19.1 Å². The minimum Gasteiger partial charge on any atom is -0.539 e. The van der Waals surface area contributed by atoms with Crippen molar-refractivity contribution in [1.82, 2.24) is 0 Å². The second kappa shape index (κ2) is 6.26. The Morgan fingerprint density at radius 3 is 2.25 bits per heavy atom. The molecule has 0 amide bonds. The number of nitrogens with zero attached hydrogens (tertiary/aromatic N) is 1. The molecule has 5 heteroatoms. The standard InChI is InChI=1S/C11H14NO2S.Li/c1-4-10(3)12-15(13,14)11-7-5-9(2)6-8-11;/h4-8,10H,1H2,2-3H3;/q-1;+1. The van der Waals surface area contributed by atoms with Crippen LogP contribution in [0.1, 0.15) is 12.5 Å². The van der Waals surface area contributed by atoms with Crippen LogP contribution in [0.3, 0.4) is 0 Å². The summed E-state index contributed by atoms with van der Waals surface area (Å²) in [6, 6.07) is 6.23. The predicted octanol–water partition coefficient (Wildman–Crippen LogP) is -0.364. The molecule has 0 saturated carbocycles. The van der Waals surface area contributed by atoms with Crippen LogP contribution < -0.4 is 18.9 Å². The van der Waals surface area contributed by atoms with Crippen molar-refractivity contribution in [3.05, 3.63) is 47.2 Å². The van der Waals surface area contributed by atoms with Crippen molar-refractivity contribution < 1.29 is 27.3 Å². The quantitative estimate of drug-likeness (QED) is 0.524. The second-order valence-electron chi connectivity index (χ2n) is 3.37. The van der Waals surface area contributed by atoms with Gasteiger partial charge < -0.3 is 4.72 Å². The fourth-order valence-electron chi connectivity index (χ4n) is 1.03. The van der Waals surface area contributed by atoms with Crippen LogP contribution in [0.2, 0.25) is 0 Å². The molecule has 0 bridgehead atoms. The monoisotopic (exact) mass is 231 g/mol. The number of sulfonamides is 1. The first-order valence-electron chi connectivity index (χ1n) is 4.62. The van der Waals surface area contributed by atoms with Gasteiger partial charge in [-0.1, -0.05) is 24.6 Å². The van der Waals surface area contributed by atoms with E-state index in [0.717, 1.165) is 5.56 Å². The minimum atomic E-state index is -3.53. The van der Waals surface area contributed by atoms with Gasteiger partial charge in [0.2, 0.25) is 0 Å². The summed E-state index contributed by atoms with van der Waals surface area (Å²) < 4.78 is 27.1. The largest absolute Gasteiger partial charge is 1.00 e. The van der Waals surface area contributed by atoms with Crippen molar-refractivity contribution >= 4 is 10.0 Å². The number of hydrogen-bond acceptors (Lipinski definition) is 2. The van der Waals surface area contributed by atoms with Gasteiger partial charge >= 0.3 is 18.9 Å². The van der Waals surface area contributed by atoms with E-state index in [4.69, 9.17) is 0 Å². The molecule has 0 spiro atoms. The van der Waals surface area contributed by atoms with Gasteiger partial charge in [0, 0.05) is 4.90 Å². The summed E-state index contributed by atoms with van der Waals surface area (Å²) in [4.78, 5) is 0.224.